The van der Waals surface area contributed by atoms with Gasteiger partial charge in [-0.1, -0.05) is 54.9 Å². The molecule has 1 N–H and O–H groups in total. The Morgan fingerprint density at radius 1 is 1.23 bits per heavy atom. The van der Waals surface area contributed by atoms with Crippen LogP contribution >= 0.6 is 23.1 Å². The minimum atomic E-state index is -0.172. The van der Waals surface area contributed by atoms with Crippen molar-refractivity contribution in [3.05, 3.63) is 42.7 Å². The van der Waals surface area contributed by atoms with E-state index < -0.39 is 0 Å². The Morgan fingerprint density at radius 2 is 2.00 bits per heavy atom. The summed E-state index contributed by atoms with van der Waals surface area (Å²) < 4.78 is 0. The predicted molar refractivity (Wildman–Crippen MR) is 109 cm³/mol. The Morgan fingerprint density at radius 3 is 2.77 bits per heavy atom. The first kappa shape index (κ1) is 17.5. The number of rotatable bonds is 5. The molecule has 1 atom stereocenters. The van der Waals surface area contributed by atoms with Crippen molar-refractivity contribution < 1.29 is 4.79 Å². The molecular weight excluding hydrogens is 362 g/mol. The van der Waals surface area contributed by atoms with Gasteiger partial charge in [0, 0.05) is 16.3 Å². The smallest absolute Gasteiger partial charge is 0.233 e. The highest BCUT2D eigenvalue weighted by atomic mass is 32.2. The fourth-order valence-electron chi connectivity index (χ4n) is 3.28. The van der Waals surface area contributed by atoms with Crippen LogP contribution in [0, 0.1) is 0 Å². The van der Waals surface area contributed by atoms with Crippen molar-refractivity contribution in [2.45, 2.75) is 48.9 Å². The maximum atomic E-state index is 12.5. The summed E-state index contributed by atoms with van der Waals surface area (Å²) >= 11 is 3.18. The summed E-state index contributed by atoms with van der Waals surface area (Å²) in [5, 5.41) is 4.91. The first-order valence-electron chi connectivity index (χ1n) is 8.98. The van der Waals surface area contributed by atoms with E-state index in [1.807, 2.05) is 25.1 Å². The lowest BCUT2D eigenvalue weighted by molar-refractivity contribution is -0.120. The molecule has 0 bridgehead atoms. The number of carbonyl (C=O) groups excluding carboxylic acids is 1. The molecule has 0 aliphatic heterocycles. The molecule has 0 radical (unpaired) electrons. The molecule has 134 valence electrons. The molecule has 1 aliphatic carbocycles. The molecule has 2 aromatic heterocycles. The van der Waals surface area contributed by atoms with Gasteiger partial charge in [0.2, 0.25) is 5.91 Å². The van der Waals surface area contributed by atoms with E-state index in [2.05, 4.69) is 33.5 Å². The zero-order valence-electron chi connectivity index (χ0n) is 14.6. The number of nitrogens with zero attached hydrogens (tertiary/aromatic N) is 2. The third-order valence-corrected chi connectivity index (χ3v) is 6.92. The number of amides is 1. The second kappa shape index (κ2) is 7.76. The monoisotopic (exact) mass is 383 g/mol. The van der Waals surface area contributed by atoms with Crippen molar-refractivity contribution in [3.63, 3.8) is 0 Å². The summed E-state index contributed by atoms with van der Waals surface area (Å²) in [5.74, 6) is 0.104. The van der Waals surface area contributed by atoms with Gasteiger partial charge in [-0.15, -0.1) is 11.3 Å². The molecule has 0 saturated heterocycles. The first-order valence-corrected chi connectivity index (χ1v) is 10.7. The molecule has 4 nitrogen and oxygen atoms in total. The van der Waals surface area contributed by atoms with Crippen molar-refractivity contribution in [2.24, 2.45) is 0 Å². The molecule has 1 aliphatic rings. The van der Waals surface area contributed by atoms with Crippen LogP contribution in [0.2, 0.25) is 0 Å². The number of fused-ring (bicyclic) bond motifs is 1. The zero-order valence-corrected chi connectivity index (χ0v) is 16.3. The van der Waals surface area contributed by atoms with Gasteiger partial charge in [-0.2, -0.15) is 0 Å². The largest absolute Gasteiger partial charge is 0.352 e. The summed E-state index contributed by atoms with van der Waals surface area (Å²) in [6.07, 6.45) is 6.24. The van der Waals surface area contributed by atoms with Gasteiger partial charge in [-0.05, 0) is 31.4 Å². The number of thiophene rings is 1. The highest BCUT2D eigenvalue weighted by Gasteiger charge is 2.22. The average Bonchev–Trinajstić information content (AvgIpc) is 3.32. The van der Waals surface area contributed by atoms with E-state index in [4.69, 9.17) is 0 Å². The van der Waals surface area contributed by atoms with Gasteiger partial charge in [0.15, 0.2) is 0 Å². The fourth-order valence-corrected chi connectivity index (χ4v) is 5.25. The number of carbonyl (C=O) groups is 1. The van der Waals surface area contributed by atoms with Crippen molar-refractivity contribution in [1.82, 2.24) is 15.3 Å². The van der Waals surface area contributed by atoms with E-state index in [1.165, 1.54) is 35.0 Å². The molecule has 26 heavy (non-hydrogen) atoms. The van der Waals surface area contributed by atoms with Crippen LogP contribution in [0.5, 0.6) is 0 Å². The second-order valence-corrected chi connectivity index (χ2v) is 8.98. The molecule has 1 saturated carbocycles. The summed E-state index contributed by atoms with van der Waals surface area (Å²) in [6.45, 7) is 1.95. The van der Waals surface area contributed by atoms with Crippen molar-refractivity contribution in [1.29, 1.82) is 0 Å². The molecular formula is C20H21N3OS2. The van der Waals surface area contributed by atoms with Crippen LogP contribution in [-0.2, 0) is 4.79 Å². The summed E-state index contributed by atoms with van der Waals surface area (Å²) in [5.41, 5.74) is 1.18. The third kappa shape index (κ3) is 3.76. The van der Waals surface area contributed by atoms with Crippen molar-refractivity contribution in [3.8, 4) is 10.4 Å². The number of benzene rings is 1. The lowest BCUT2D eigenvalue weighted by atomic mass is 10.2. The quantitative estimate of drug-likeness (QED) is 0.503. The zero-order chi connectivity index (χ0) is 17.9. The first-order chi connectivity index (χ1) is 12.7. The van der Waals surface area contributed by atoms with E-state index in [0.29, 0.717) is 6.04 Å². The lowest BCUT2D eigenvalue weighted by Gasteiger charge is -2.16. The maximum Gasteiger partial charge on any atom is 0.233 e. The van der Waals surface area contributed by atoms with E-state index in [9.17, 15) is 4.79 Å². The Bertz CT molecular complexity index is 904. The van der Waals surface area contributed by atoms with E-state index in [0.717, 1.165) is 28.1 Å². The minimum absolute atomic E-state index is 0.104. The third-order valence-electron chi connectivity index (χ3n) is 4.71. The van der Waals surface area contributed by atoms with Gasteiger partial charge in [-0.25, -0.2) is 9.97 Å². The number of thioether (sulfide) groups is 1. The average molecular weight is 384 g/mol. The van der Waals surface area contributed by atoms with Crippen LogP contribution in [0.15, 0.2) is 47.8 Å². The van der Waals surface area contributed by atoms with Crippen LogP contribution < -0.4 is 5.32 Å². The molecule has 1 fully saturated rings. The molecule has 0 spiro atoms. The summed E-state index contributed by atoms with van der Waals surface area (Å²) in [6, 6.07) is 12.8. The van der Waals surface area contributed by atoms with Gasteiger partial charge in [-0.3, -0.25) is 4.79 Å². The number of hydrogen-bond acceptors (Lipinski definition) is 5. The van der Waals surface area contributed by atoms with Gasteiger partial charge in [0.05, 0.1) is 5.25 Å². The van der Waals surface area contributed by atoms with Gasteiger partial charge in [0.25, 0.3) is 0 Å². The molecule has 3 aromatic rings. The highest BCUT2D eigenvalue weighted by Crippen LogP contribution is 2.37. The van der Waals surface area contributed by atoms with Crippen molar-refractivity contribution >= 4 is 39.2 Å². The Balaban J connectivity index is 1.54. The number of aromatic nitrogens is 2. The molecule has 4 rings (SSSR count). The Hall–Kier alpha value is -1.92. The minimum Gasteiger partial charge on any atom is -0.352 e. The topological polar surface area (TPSA) is 54.9 Å². The Labute approximate surface area is 161 Å². The standard InChI is InChI=1S/C20H21N3OS2/c1-13(18(24)23-15-9-5-6-10-15)25-19-16-11-17(14-7-3-2-4-8-14)26-20(16)22-12-21-19/h2-4,7-8,11-13,15H,5-6,9-10H2,1H3,(H,23,24)/t13-/m0/s1. The van der Waals surface area contributed by atoms with Gasteiger partial charge >= 0.3 is 0 Å². The number of hydrogen-bond donors (Lipinski definition) is 1. The second-order valence-electron chi connectivity index (χ2n) is 6.62. The predicted octanol–water partition coefficient (Wildman–Crippen LogP) is 4.90. The highest BCUT2D eigenvalue weighted by molar-refractivity contribution is 8.00. The van der Waals surface area contributed by atoms with Crippen LogP contribution in [-0.4, -0.2) is 27.2 Å². The van der Waals surface area contributed by atoms with E-state index in [-0.39, 0.29) is 11.2 Å². The number of nitrogens with one attached hydrogen (secondary N) is 1. The summed E-state index contributed by atoms with van der Waals surface area (Å²) in [7, 11) is 0. The molecule has 2 heterocycles. The SMILES string of the molecule is C[C@H](Sc1ncnc2sc(-c3ccccc3)cc12)C(=O)NC1CCCC1. The van der Waals surface area contributed by atoms with Crippen LogP contribution in [0.3, 0.4) is 0 Å². The molecule has 6 heteroatoms. The van der Waals surface area contributed by atoms with Crippen LogP contribution in [0.1, 0.15) is 32.6 Å². The van der Waals surface area contributed by atoms with E-state index >= 15 is 0 Å². The Kier molecular flexibility index (Phi) is 5.22. The maximum absolute atomic E-state index is 12.5. The van der Waals surface area contributed by atoms with Crippen LogP contribution in [0.25, 0.3) is 20.7 Å². The summed E-state index contributed by atoms with van der Waals surface area (Å²) in [4.78, 5) is 23.5. The van der Waals surface area contributed by atoms with Crippen molar-refractivity contribution in [2.75, 3.05) is 0 Å². The molecule has 1 aromatic carbocycles. The fraction of sp³-hybridized carbons (Fsp3) is 0.350. The van der Waals surface area contributed by atoms with Gasteiger partial charge < -0.3 is 5.32 Å². The normalized spacial score (nSPS) is 16.0. The lowest BCUT2D eigenvalue weighted by Crippen LogP contribution is -2.37. The molecule has 1 amide bonds. The van der Waals surface area contributed by atoms with Crippen LogP contribution in [0.4, 0.5) is 0 Å². The molecule has 0 unspecified atom stereocenters. The van der Waals surface area contributed by atoms with Gasteiger partial charge in [0.1, 0.15) is 16.2 Å². The van der Waals surface area contributed by atoms with E-state index in [1.54, 1.807) is 17.7 Å².